The highest BCUT2D eigenvalue weighted by molar-refractivity contribution is 7.71. The van der Waals surface area contributed by atoms with E-state index in [1.807, 2.05) is 48.5 Å². The molecule has 2 aromatic carbocycles. The average Bonchev–Trinajstić information content (AvgIpc) is 2.70. The molecular formula is C21H18N2O4S. The van der Waals surface area contributed by atoms with E-state index in [0.717, 1.165) is 5.56 Å². The van der Waals surface area contributed by atoms with E-state index in [1.165, 1.54) is 13.2 Å². The van der Waals surface area contributed by atoms with E-state index in [0.29, 0.717) is 17.9 Å². The predicted molar refractivity (Wildman–Crippen MR) is 109 cm³/mol. The summed E-state index contributed by atoms with van der Waals surface area (Å²) in [5.74, 6) is 0.0625. The van der Waals surface area contributed by atoms with Gasteiger partial charge in [0.25, 0.3) is 5.56 Å². The van der Waals surface area contributed by atoms with Crippen molar-refractivity contribution < 1.29 is 14.3 Å². The first-order valence-electron chi connectivity index (χ1n) is 8.46. The largest absolute Gasteiger partial charge is 0.489 e. The Balaban J connectivity index is 1.91. The zero-order valence-corrected chi connectivity index (χ0v) is 15.9. The van der Waals surface area contributed by atoms with Gasteiger partial charge in [-0.15, -0.1) is 0 Å². The Morgan fingerprint density at radius 3 is 2.57 bits per heavy atom. The second kappa shape index (κ2) is 8.96. The van der Waals surface area contributed by atoms with Gasteiger partial charge >= 0.3 is 5.97 Å². The number of ether oxygens (including phenoxy) is 2. The van der Waals surface area contributed by atoms with Crippen molar-refractivity contribution in [1.29, 1.82) is 0 Å². The van der Waals surface area contributed by atoms with Crippen LogP contribution in [0.2, 0.25) is 0 Å². The highest BCUT2D eigenvalue weighted by Crippen LogP contribution is 2.21. The number of hydrogen-bond donors (Lipinski definition) is 2. The monoisotopic (exact) mass is 394 g/mol. The lowest BCUT2D eigenvalue weighted by Gasteiger charge is -2.09. The number of aromatic nitrogens is 2. The molecule has 0 spiro atoms. The van der Waals surface area contributed by atoms with Gasteiger partial charge in [0.15, 0.2) is 4.77 Å². The van der Waals surface area contributed by atoms with E-state index < -0.39 is 11.5 Å². The summed E-state index contributed by atoms with van der Waals surface area (Å²) in [7, 11) is 1.28. The van der Waals surface area contributed by atoms with Crippen LogP contribution >= 0.6 is 12.2 Å². The summed E-state index contributed by atoms with van der Waals surface area (Å²) in [6.07, 6.45) is 1.61. The molecule has 3 rings (SSSR count). The number of benzene rings is 2. The maximum atomic E-state index is 12.2. The number of carbonyl (C=O) groups is 1. The molecule has 0 radical (unpaired) electrons. The minimum absolute atomic E-state index is 0.122. The molecule has 7 heteroatoms. The van der Waals surface area contributed by atoms with Crippen molar-refractivity contribution >= 4 is 29.8 Å². The number of aromatic amines is 2. The van der Waals surface area contributed by atoms with Crippen LogP contribution in [-0.2, 0) is 16.1 Å². The van der Waals surface area contributed by atoms with Crippen LogP contribution in [0.3, 0.4) is 0 Å². The zero-order chi connectivity index (χ0) is 19.9. The van der Waals surface area contributed by atoms with Gasteiger partial charge in [-0.2, -0.15) is 0 Å². The fraction of sp³-hybridized carbons (Fsp3) is 0.0952. The highest BCUT2D eigenvalue weighted by atomic mass is 32.1. The maximum Gasteiger partial charge on any atom is 0.339 e. The first kappa shape index (κ1) is 19.3. The summed E-state index contributed by atoms with van der Waals surface area (Å²) < 4.78 is 10.8. The Kier molecular flexibility index (Phi) is 6.18. The number of methoxy groups -OCH3 is 1. The van der Waals surface area contributed by atoms with E-state index in [-0.39, 0.29) is 16.0 Å². The van der Waals surface area contributed by atoms with Crippen LogP contribution in [0.25, 0.3) is 11.6 Å². The van der Waals surface area contributed by atoms with Crippen LogP contribution in [-0.4, -0.2) is 23.0 Å². The Labute approximate surface area is 166 Å². The minimum atomic E-state index is -0.591. The van der Waals surface area contributed by atoms with Gasteiger partial charge in [0.1, 0.15) is 12.4 Å². The Bertz CT molecular complexity index is 1090. The molecule has 0 unspecified atom stereocenters. The number of rotatable bonds is 6. The smallest absolute Gasteiger partial charge is 0.339 e. The molecule has 2 N–H and O–H groups in total. The van der Waals surface area contributed by atoms with E-state index in [2.05, 4.69) is 9.97 Å². The topological polar surface area (TPSA) is 84.2 Å². The van der Waals surface area contributed by atoms with E-state index >= 15 is 0 Å². The molecule has 0 aliphatic rings. The highest BCUT2D eigenvalue weighted by Gasteiger charge is 2.14. The van der Waals surface area contributed by atoms with Crippen LogP contribution in [0.1, 0.15) is 16.8 Å². The fourth-order valence-electron chi connectivity index (χ4n) is 2.57. The molecule has 0 atom stereocenters. The second-order valence-corrected chi connectivity index (χ2v) is 6.31. The van der Waals surface area contributed by atoms with Crippen molar-refractivity contribution in [3.8, 4) is 5.75 Å². The van der Waals surface area contributed by atoms with Gasteiger partial charge in [-0.25, -0.2) is 4.79 Å². The van der Waals surface area contributed by atoms with Crippen LogP contribution in [0.15, 0.2) is 65.5 Å². The van der Waals surface area contributed by atoms with Crippen LogP contribution < -0.4 is 10.3 Å². The van der Waals surface area contributed by atoms with Gasteiger partial charge in [-0.1, -0.05) is 42.5 Å². The van der Waals surface area contributed by atoms with Crippen molar-refractivity contribution in [1.82, 2.24) is 9.97 Å². The van der Waals surface area contributed by atoms with Gasteiger partial charge in [0, 0.05) is 6.07 Å². The van der Waals surface area contributed by atoms with Gasteiger partial charge in [-0.3, -0.25) is 9.78 Å². The second-order valence-electron chi connectivity index (χ2n) is 5.90. The Morgan fingerprint density at radius 2 is 1.86 bits per heavy atom. The third-order valence-electron chi connectivity index (χ3n) is 3.87. The number of esters is 1. The number of carbonyl (C=O) groups excluding carboxylic acids is 1. The molecule has 0 aliphatic heterocycles. The van der Waals surface area contributed by atoms with Crippen molar-refractivity contribution in [2.24, 2.45) is 0 Å². The number of nitrogens with one attached hydrogen (secondary N) is 2. The average molecular weight is 394 g/mol. The molecular weight excluding hydrogens is 376 g/mol. The predicted octanol–water partition coefficient (Wildman–Crippen LogP) is 3.73. The lowest BCUT2D eigenvalue weighted by atomic mass is 10.1. The third kappa shape index (κ3) is 5.05. The molecule has 0 bridgehead atoms. The molecule has 3 aromatic rings. The quantitative estimate of drug-likeness (QED) is 0.378. The zero-order valence-electron chi connectivity index (χ0n) is 15.1. The molecule has 142 valence electrons. The summed E-state index contributed by atoms with van der Waals surface area (Å²) in [6, 6.07) is 18.3. The lowest BCUT2D eigenvalue weighted by molar-refractivity contribution is -0.133. The maximum absolute atomic E-state index is 12.2. The summed E-state index contributed by atoms with van der Waals surface area (Å²) >= 11 is 4.98. The Morgan fingerprint density at radius 1 is 1.07 bits per heavy atom. The van der Waals surface area contributed by atoms with Crippen molar-refractivity contribution in [2.45, 2.75) is 6.61 Å². The van der Waals surface area contributed by atoms with Gasteiger partial charge in [0.2, 0.25) is 0 Å². The molecule has 0 fully saturated rings. The van der Waals surface area contributed by atoms with Crippen molar-refractivity contribution in [3.05, 3.63) is 92.6 Å². The van der Waals surface area contributed by atoms with Crippen LogP contribution in [0.4, 0.5) is 0 Å². The lowest BCUT2D eigenvalue weighted by Crippen LogP contribution is -2.12. The SMILES string of the molecule is COC(=O)/C(=C\c1cccc(OCc2ccccc2)c1)c1cc(=O)[nH]c(=S)[nH]1. The van der Waals surface area contributed by atoms with E-state index in [1.54, 1.807) is 12.1 Å². The van der Waals surface area contributed by atoms with Crippen molar-refractivity contribution in [2.75, 3.05) is 7.11 Å². The normalized spacial score (nSPS) is 11.1. The molecule has 1 heterocycles. The first-order valence-corrected chi connectivity index (χ1v) is 8.87. The number of H-pyrrole nitrogens is 2. The molecule has 1 aromatic heterocycles. The fourth-order valence-corrected chi connectivity index (χ4v) is 2.78. The molecule has 0 saturated carbocycles. The van der Waals surface area contributed by atoms with Crippen molar-refractivity contribution in [3.63, 3.8) is 0 Å². The molecule has 0 amide bonds. The van der Waals surface area contributed by atoms with Gasteiger partial charge < -0.3 is 14.5 Å². The third-order valence-corrected chi connectivity index (χ3v) is 4.08. The molecule has 0 saturated heterocycles. The summed E-state index contributed by atoms with van der Waals surface area (Å²) in [5.41, 5.74) is 1.81. The minimum Gasteiger partial charge on any atom is -0.489 e. The summed E-state index contributed by atoms with van der Waals surface area (Å²) in [4.78, 5) is 29.2. The summed E-state index contributed by atoms with van der Waals surface area (Å²) in [5, 5.41) is 0. The molecule has 0 aliphatic carbocycles. The van der Waals surface area contributed by atoms with Crippen LogP contribution in [0.5, 0.6) is 5.75 Å². The van der Waals surface area contributed by atoms with Gasteiger partial charge in [-0.05, 0) is 41.6 Å². The first-order chi connectivity index (χ1) is 13.5. The van der Waals surface area contributed by atoms with E-state index in [9.17, 15) is 9.59 Å². The number of hydrogen-bond acceptors (Lipinski definition) is 5. The van der Waals surface area contributed by atoms with Crippen LogP contribution in [0, 0.1) is 4.77 Å². The summed E-state index contributed by atoms with van der Waals surface area (Å²) in [6.45, 7) is 0.430. The van der Waals surface area contributed by atoms with E-state index in [4.69, 9.17) is 21.7 Å². The Hall–Kier alpha value is -3.45. The molecule has 6 nitrogen and oxygen atoms in total. The standard InChI is InChI=1S/C21H18N2O4S/c1-26-20(25)17(18-12-19(24)23-21(28)22-18)11-15-8-5-9-16(10-15)27-13-14-6-3-2-4-7-14/h2-12H,13H2,1H3,(H2,22,23,24,28)/b17-11-. The van der Waals surface area contributed by atoms with Gasteiger partial charge in [0.05, 0.1) is 18.4 Å². The molecule has 28 heavy (non-hydrogen) atoms.